The molecule has 1 aliphatic carbocycles. The van der Waals surface area contributed by atoms with E-state index in [4.69, 9.17) is 0 Å². The van der Waals surface area contributed by atoms with Crippen molar-refractivity contribution in [2.45, 2.75) is 70.1 Å². The van der Waals surface area contributed by atoms with Crippen molar-refractivity contribution in [2.24, 2.45) is 4.99 Å². The van der Waals surface area contributed by atoms with Gasteiger partial charge in [-0.3, -0.25) is 9.20 Å². The van der Waals surface area contributed by atoms with Crippen LogP contribution in [0.5, 0.6) is 0 Å². The molecule has 2 N–H and O–H groups in total. The van der Waals surface area contributed by atoms with E-state index in [0.29, 0.717) is 11.3 Å². The van der Waals surface area contributed by atoms with E-state index in [1.807, 2.05) is 14.0 Å². The van der Waals surface area contributed by atoms with E-state index in [2.05, 4.69) is 60.7 Å². The summed E-state index contributed by atoms with van der Waals surface area (Å²) in [6, 6.07) is 9.06. The lowest BCUT2D eigenvalue weighted by Gasteiger charge is -2.32. The van der Waals surface area contributed by atoms with Crippen molar-refractivity contribution >= 4 is 40.7 Å². The maximum atomic E-state index is 12.1. The molecule has 0 radical (unpaired) electrons. The molecule has 4 nitrogen and oxygen atoms in total. The molecule has 1 aromatic rings. The summed E-state index contributed by atoms with van der Waals surface area (Å²) >= 11 is 0. The first-order valence-electron chi connectivity index (χ1n) is 9.77. The Labute approximate surface area is 184 Å². The highest BCUT2D eigenvalue weighted by Crippen LogP contribution is 2.24. The third-order valence-electron chi connectivity index (χ3n) is 5.34. The molecule has 1 fully saturated rings. The van der Waals surface area contributed by atoms with Gasteiger partial charge in [0.05, 0.1) is 0 Å². The molecule has 0 bridgehead atoms. The summed E-state index contributed by atoms with van der Waals surface area (Å²) in [6.45, 7) is 9.47. The van der Waals surface area contributed by atoms with Crippen molar-refractivity contribution in [3.8, 4) is 0 Å². The molecule has 3 unspecified atom stereocenters. The number of halogens is 1. The third kappa shape index (κ3) is 7.37. The van der Waals surface area contributed by atoms with Crippen molar-refractivity contribution in [3.05, 3.63) is 35.4 Å². The van der Waals surface area contributed by atoms with Crippen LogP contribution < -0.4 is 10.6 Å². The first kappa shape index (κ1) is 24.4. The summed E-state index contributed by atoms with van der Waals surface area (Å²) in [6.07, 6.45) is 4.33. The summed E-state index contributed by atoms with van der Waals surface area (Å²) in [5.74, 6) is 1.60. The van der Waals surface area contributed by atoms with Gasteiger partial charge in [0.2, 0.25) is 0 Å². The standard InChI is InChI=1S/C21H35N3OS.HI/c1-6-26(25)19-12-8-11-18(14-19)24-20(22-5)23-15-21(3,4)17-10-7-9-16(2)13-17;/h7,9-10,13,18-19H,6,8,11-12,14-15H2,1-5H3,(H2,22,23,24);1H. The predicted octanol–water partition coefficient (Wildman–Crippen LogP) is 4.14. The molecule has 27 heavy (non-hydrogen) atoms. The number of rotatable bonds is 6. The van der Waals surface area contributed by atoms with Gasteiger partial charge in [0, 0.05) is 46.9 Å². The second kappa shape index (κ2) is 11.4. The zero-order valence-corrected chi connectivity index (χ0v) is 20.5. The minimum absolute atomic E-state index is 0. The van der Waals surface area contributed by atoms with Crippen molar-refractivity contribution in [3.63, 3.8) is 0 Å². The van der Waals surface area contributed by atoms with Crippen LogP contribution >= 0.6 is 24.0 Å². The van der Waals surface area contributed by atoms with Crippen LogP contribution in [0.15, 0.2) is 29.3 Å². The highest BCUT2D eigenvalue weighted by molar-refractivity contribution is 14.0. The van der Waals surface area contributed by atoms with E-state index in [0.717, 1.165) is 43.9 Å². The quantitative estimate of drug-likeness (QED) is 0.347. The summed E-state index contributed by atoms with van der Waals surface area (Å²) < 4.78 is 12.1. The van der Waals surface area contributed by atoms with Gasteiger partial charge in [-0.25, -0.2) is 0 Å². The van der Waals surface area contributed by atoms with Crippen LogP contribution in [0.3, 0.4) is 0 Å². The number of hydrogen-bond acceptors (Lipinski definition) is 2. The Hall–Kier alpha value is -0.630. The van der Waals surface area contributed by atoms with Gasteiger partial charge in [-0.15, -0.1) is 24.0 Å². The van der Waals surface area contributed by atoms with E-state index in [9.17, 15) is 4.21 Å². The lowest BCUT2D eigenvalue weighted by molar-refractivity contribution is 0.410. The van der Waals surface area contributed by atoms with Crippen LogP contribution in [0, 0.1) is 6.92 Å². The molecular formula is C21H36IN3OS. The Kier molecular flexibility index (Phi) is 10.3. The zero-order valence-electron chi connectivity index (χ0n) is 17.4. The SMILES string of the molecule is CCS(=O)C1CCCC(NC(=NC)NCC(C)(C)c2cccc(C)c2)C1.I. The molecule has 0 amide bonds. The highest BCUT2D eigenvalue weighted by Gasteiger charge is 2.27. The Morgan fingerprint density at radius 2 is 2.07 bits per heavy atom. The van der Waals surface area contributed by atoms with Gasteiger partial charge in [0.1, 0.15) is 0 Å². The number of benzene rings is 1. The maximum Gasteiger partial charge on any atom is 0.191 e. The number of nitrogens with one attached hydrogen (secondary N) is 2. The molecule has 6 heteroatoms. The van der Waals surface area contributed by atoms with E-state index < -0.39 is 10.8 Å². The monoisotopic (exact) mass is 505 g/mol. The summed E-state index contributed by atoms with van der Waals surface area (Å²) in [5, 5.41) is 7.38. The second-order valence-corrected chi connectivity index (χ2v) is 9.98. The first-order chi connectivity index (χ1) is 12.4. The van der Waals surface area contributed by atoms with Crippen molar-refractivity contribution in [1.29, 1.82) is 0 Å². The van der Waals surface area contributed by atoms with Gasteiger partial charge in [-0.1, -0.05) is 57.0 Å². The van der Waals surface area contributed by atoms with Crippen molar-refractivity contribution in [1.82, 2.24) is 10.6 Å². The predicted molar refractivity (Wildman–Crippen MR) is 129 cm³/mol. The lowest BCUT2D eigenvalue weighted by atomic mass is 9.84. The molecule has 1 saturated carbocycles. The first-order valence-corrected chi connectivity index (χ1v) is 11.2. The lowest BCUT2D eigenvalue weighted by Crippen LogP contribution is -2.49. The summed E-state index contributed by atoms with van der Waals surface area (Å²) in [7, 11) is 1.12. The van der Waals surface area contributed by atoms with Gasteiger partial charge in [0.15, 0.2) is 5.96 Å². The molecule has 1 aromatic carbocycles. The molecule has 154 valence electrons. The fourth-order valence-electron chi connectivity index (χ4n) is 3.61. The molecule has 0 aromatic heterocycles. The zero-order chi connectivity index (χ0) is 19.2. The fraction of sp³-hybridized carbons (Fsp3) is 0.667. The van der Waals surface area contributed by atoms with E-state index in [1.165, 1.54) is 11.1 Å². The smallest absolute Gasteiger partial charge is 0.191 e. The topological polar surface area (TPSA) is 53.5 Å². The number of nitrogens with zero attached hydrogens (tertiary/aromatic N) is 1. The minimum atomic E-state index is -0.696. The van der Waals surface area contributed by atoms with Gasteiger partial charge >= 0.3 is 0 Å². The third-order valence-corrected chi connectivity index (χ3v) is 7.08. The van der Waals surface area contributed by atoms with Crippen molar-refractivity contribution in [2.75, 3.05) is 19.3 Å². The van der Waals surface area contributed by atoms with Gasteiger partial charge in [-0.2, -0.15) is 0 Å². The largest absolute Gasteiger partial charge is 0.356 e. The van der Waals surface area contributed by atoms with Crippen LogP contribution in [-0.2, 0) is 16.2 Å². The van der Waals surface area contributed by atoms with Crippen LogP contribution in [0.2, 0.25) is 0 Å². The van der Waals surface area contributed by atoms with E-state index in [1.54, 1.807) is 0 Å². The normalized spacial score (nSPS) is 21.9. The Morgan fingerprint density at radius 3 is 2.70 bits per heavy atom. The van der Waals surface area contributed by atoms with Crippen LogP contribution in [0.4, 0.5) is 0 Å². The van der Waals surface area contributed by atoms with Gasteiger partial charge in [-0.05, 0) is 31.7 Å². The maximum absolute atomic E-state index is 12.1. The van der Waals surface area contributed by atoms with E-state index in [-0.39, 0.29) is 29.4 Å². The minimum Gasteiger partial charge on any atom is -0.356 e. The van der Waals surface area contributed by atoms with Crippen LogP contribution in [-0.4, -0.2) is 40.8 Å². The number of guanidine groups is 1. The number of hydrogen-bond donors (Lipinski definition) is 2. The molecule has 1 aliphatic rings. The second-order valence-electron chi connectivity index (χ2n) is 7.98. The Bertz CT molecular complexity index is 648. The van der Waals surface area contributed by atoms with Gasteiger partial charge in [0.25, 0.3) is 0 Å². The molecule has 0 aliphatic heterocycles. The molecule has 0 heterocycles. The average molecular weight is 506 g/mol. The average Bonchev–Trinajstić information content (AvgIpc) is 2.64. The number of aliphatic imine (C=N–C) groups is 1. The van der Waals surface area contributed by atoms with Crippen LogP contribution in [0.25, 0.3) is 0 Å². The summed E-state index contributed by atoms with van der Waals surface area (Å²) in [5.41, 5.74) is 2.63. The highest BCUT2D eigenvalue weighted by atomic mass is 127. The fourth-order valence-corrected chi connectivity index (χ4v) is 4.96. The summed E-state index contributed by atoms with van der Waals surface area (Å²) in [4.78, 5) is 4.41. The molecule has 0 spiro atoms. The Morgan fingerprint density at radius 1 is 1.33 bits per heavy atom. The number of aryl methyl sites for hydroxylation is 1. The van der Waals surface area contributed by atoms with Crippen LogP contribution in [0.1, 0.15) is 57.6 Å². The Balaban J connectivity index is 0.00000364. The van der Waals surface area contributed by atoms with Crippen molar-refractivity contribution < 1.29 is 4.21 Å². The van der Waals surface area contributed by atoms with E-state index >= 15 is 0 Å². The molecular weight excluding hydrogens is 469 g/mol. The molecule has 0 saturated heterocycles. The molecule has 2 rings (SSSR count). The van der Waals surface area contributed by atoms with Gasteiger partial charge < -0.3 is 10.6 Å². The molecule has 3 atom stereocenters.